The fraction of sp³-hybridized carbons (Fsp3) is 0.200. The van der Waals surface area contributed by atoms with Gasteiger partial charge in [-0.25, -0.2) is 4.98 Å². The number of hydrogen-bond donors (Lipinski definition) is 1. The molecule has 0 saturated heterocycles. The van der Waals surface area contributed by atoms with Crippen LogP contribution in [0.3, 0.4) is 0 Å². The molecule has 0 bridgehead atoms. The third-order valence-electron chi connectivity index (χ3n) is 5.81. The highest BCUT2D eigenvalue weighted by Crippen LogP contribution is 2.28. The van der Waals surface area contributed by atoms with E-state index >= 15 is 0 Å². The van der Waals surface area contributed by atoms with Crippen molar-refractivity contribution in [2.24, 2.45) is 5.92 Å². The van der Waals surface area contributed by atoms with Crippen molar-refractivity contribution in [1.82, 2.24) is 14.4 Å². The van der Waals surface area contributed by atoms with E-state index in [-0.39, 0.29) is 17.1 Å². The minimum absolute atomic E-state index is 0.0249. The maximum Gasteiger partial charge on any atom is 0.573 e. The van der Waals surface area contributed by atoms with Crippen LogP contribution >= 0.6 is 0 Å². The van der Waals surface area contributed by atoms with E-state index in [0.29, 0.717) is 35.2 Å². The van der Waals surface area contributed by atoms with Crippen LogP contribution in [0, 0.1) is 12.8 Å². The van der Waals surface area contributed by atoms with Gasteiger partial charge in [-0.15, -0.1) is 13.2 Å². The van der Waals surface area contributed by atoms with E-state index in [0.717, 1.165) is 16.7 Å². The second-order valence-corrected chi connectivity index (χ2v) is 8.14. The van der Waals surface area contributed by atoms with E-state index in [1.165, 1.54) is 12.2 Å². The van der Waals surface area contributed by atoms with Crippen LogP contribution in [0.5, 0.6) is 0 Å². The van der Waals surface area contributed by atoms with Crippen molar-refractivity contribution in [2.75, 3.05) is 0 Å². The van der Waals surface area contributed by atoms with Gasteiger partial charge in [-0.3, -0.25) is 4.79 Å². The maximum atomic E-state index is 12.8. The number of aromatic amines is 1. The molecule has 5 nitrogen and oxygen atoms in total. The summed E-state index contributed by atoms with van der Waals surface area (Å²) in [6, 6.07) is 11.3. The maximum absolute atomic E-state index is 12.8. The molecule has 0 radical (unpaired) electrons. The lowest BCUT2D eigenvalue weighted by atomic mass is 9.93. The molecule has 168 valence electrons. The molecule has 0 saturated carbocycles. The van der Waals surface area contributed by atoms with Gasteiger partial charge in [-0.1, -0.05) is 18.2 Å². The number of fused-ring (bicyclic) bond motifs is 2. The number of nitrogens with zero attached hydrogens (tertiary/aromatic N) is 2. The molecule has 8 heteroatoms. The quantitative estimate of drug-likeness (QED) is 0.434. The fourth-order valence-electron chi connectivity index (χ4n) is 4.17. The summed E-state index contributed by atoms with van der Waals surface area (Å²) in [6.07, 6.45) is 4.79. The first-order valence-corrected chi connectivity index (χ1v) is 10.5. The molecule has 1 unspecified atom stereocenters. The van der Waals surface area contributed by atoms with E-state index in [4.69, 9.17) is 4.98 Å². The topological polar surface area (TPSA) is 59.4 Å². The fourth-order valence-corrected chi connectivity index (χ4v) is 4.17. The average molecular weight is 451 g/mol. The second-order valence-electron chi connectivity index (χ2n) is 8.14. The third-order valence-corrected chi connectivity index (χ3v) is 5.81. The predicted molar refractivity (Wildman–Crippen MR) is 120 cm³/mol. The van der Waals surface area contributed by atoms with Crippen LogP contribution in [0.25, 0.3) is 27.9 Å². The van der Waals surface area contributed by atoms with Crippen molar-refractivity contribution in [3.8, 4) is 11.4 Å². The molecule has 3 heterocycles. The molecular formula is C25H20F3N3O2. The minimum atomic E-state index is -4.68. The first kappa shape index (κ1) is 21.1. The van der Waals surface area contributed by atoms with Crippen LogP contribution in [-0.4, -0.2) is 20.7 Å². The summed E-state index contributed by atoms with van der Waals surface area (Å²) in [4.78, 5) is 20.8. The van der Waals surface area contributed by atoms with Crippen molar-refractivity contribution >= 4 is 16.6 Å². The van der Waals surface area contributed by atoms with Gasteiger partial charge in [0.25, 0.3) is 0 Å². The summed E-state index contributed by atoms with van der Waals surface area (Å²) >= 11 is 0. The SMILES string of the molecule is Cc1c(-c2cn3ccc(CC4C=CC(OC(F)(F)F)=CC4)cc3n2)[nH]c2ccccc2c1=O. The number of rotatable bonds is 4. The Morgan fingerprint density at radius 1 is 1.24 bits per heavy atom. The molecule has 0 fully saturated rings. The number of pyridine rings is 2. The molecule has 1 aromatic carbocycles. The molecule has 33 heavy (non-hydrogen) atoms. The van der Waals surface area contributed by atoms with E-state index in [1.807, 2.05) is 47.1 Å². The summed E-state index contributed by atoms with van der Waals surface area (Å²) < 4.78 is 42.9. The summed E-state index contributed by atoms with van der Waals surface area (Å²) in [7, 11) is 0. The standard InChI is InChI=1S/C25H20F3N3O2/c1-15-23(30-20-5-3-2-4-19(20)24(15)32)21-14-31-11-10-17(13-22(31)29-21)12-16-6-8-18(9-7-16)33-25(26,27)28/h2-6,8-11,13-14,16H,7,12H2,1H3,(H,30,32). The van der Waals surface area contributed by atoms with Gasteiger partial charge in [0, 0.05) is 28.9 Å². The average Bonchev–Trinajstić information content (AvgIpc) is 3.20. The van der Waals surface area contributed by atoms with Crippen LogP contribution in [0.2, 0.25) is 0 Å². The largest absolute Gasteiger partial charge is 0.573 e. The Bertz CT molecular complexity index is 1480. The Kier molecular flexibility index (Phi) is 5.08. The van der Waals surface area contributed by atoms with Gasteiger partial charge < -0.3 is 14.1 Å². The highest BCUT2D eigenvalue weighted by Gasteiger charge is 2.32. The molecule has 0 aliphatic heterocycles. The van der Waals surface area contributed by atoms with Gasteiger partial charge in [0.1, 0.15) is 17.1 Å². The van der Waals surface area contributed by atoms with Gasteiger partial charge >= 0.3 is 6.36 Å². The number of hydrogen-bond acceptors (Lipinski definition) is 3. The number of nitrogens with one attached hydrogen (secondary N) is 1. The molecule has 1 aliphatic rings. The van der Waals surface area contributed by atoms with Gasteiger partial charge in [-0.2, -0.15) is 0 Å². The molecule has 5 rings (SSSR count). The normalized spacial score (nSPS) is 16.4. The van der Waals surface area contributed by atoms with Crippen LogP contribution in [0.1, 0.15) is 17.5 Å². The van der Waals surface area contributed by atoms with Crippen LogP contribution in [0.4, 0.5) is 13.2 Å². The van der Waals surface area contributed by atoms with Crippen molar-refractivity contribution < 1.29 is 17.9 Å². The number of ether oxygens (including phenoxy) is 1. The minimum Gasteiger partial charge on any atom is -0.406 e. The molecule has 0 amide bonds. The summed E-state index contributed by atoms with van der Waals surface area (Å²) in [6.45, 7) is 1.79. The van der Waals surface area contributed by atoms with E-state index < -0.39 is 6.36 Å². The Morgan fingerprint density at radius 2 is 2.06 bits per heavy atom. The zero-order valence-electron chi connectivity index (χ0n) is 17.7. The molecule has 4 aromatic rings. The summed E-state index contributed by atoms with van der Waals surface area (Å²) in [5.74, 6) is -0.103. The Morgan fingerprint density at radius 3 is 2.82 bits per heavy atom. The molecular weight excluding hydrogens is 431 g/mol. The summed E-state index contributed by atoms with van der Waals surface area (Å²) in [5, 5.41) is 0.642. The number of para-hydroxylation sites is 1. The highest BCUT2D eigenvalue weighted by atomic mass is 19.4. The first-order chi connectivity index (χ1) is 15.8. The van der Waals surface area contributed by atoms with Crippen molar-refractivity contribution in [3.63, 3.8) is 0 Å². The van der Waals surface area contributed by atoms with Gasteiger partial charge in [0.2, 0.25) is 0 Å². The Balaban J connectivity index is 1.39. The molecule has 3 aromatic heterocycles. The zero-order chi connectivity index (χ0) is 23.2. The van der Waals surface area contributed by atoms with Crippen molar-refractivity contribution in [2.45, 2.75) is 26.1 Å². The van der Waals surface area contributed by atoms with Crippen molar-refractivity contribution in [1.29, 1.82) is 0 Å². The van der Waals surface area contributed by atoms with Crippen LogP contribution in [-0.2, 0) is 11.2 Å². The lowest BCUT2D eigenvalue weighted by Gasteiger charge is -2.17. The smallest absolute Gasteiger partial charge is 0.406 e. The van der Waals surface area contributed by atoms with Crippen LogP contribution < -0.4 is 5.43 Å². The monoisotopic (exact) mass is 451 g/mol. The van der Waals surface area contributed by atoms with Gasteiger partial charge in [-0.05, 0) is 67.7 Å². The third kappa shape index (κ3) is 4.28. The molecule has 1 atom stereocenters. The lowest BCUT2D eigenvalue weighted by Crippen LogP contribution is -2.14. The zero-order valence-corrected chi connectivity index (χ0v) is 17.7. The second kappa shape index (κ2) is 7.95. The molecule has 1 aliphatic carbocycles. The number of benzene rings is 1. The summed E-state index contributed by atoms with van der Waals surface area (Å²) in [5.41, 5.74) is 4.44. The van der Waals surface area contributed by atoms with Gasteiger partial charge in [0.05, 0.1) is 5.69 Å². The van der Waals surface area contributed by atoms with Crippen LogP contribution in [0.15, 0.2) is 77.6 Å². The van der Waals surface area contributed by atoms with Gasteiger partial charge in [0.15, 0.2) is 5.43 Å². The number of allylic oxidation sites excluding steroid dienone is 3. The number of imidazole rings is 1. The molecule has 0 spiro atoms. The Labute approximate surface area is 186 Å². The van der Waals surface area contributed by atoms with E-state index in [2.05, 4.69) is 9.72 Å². The first-order valence-electron chi connectivity index (χ1n) is 10.5. The molecule has 1 N–H and O–H groups in total. The van der Waals surface area contributed by atoms with Crippen molar-refractivity contribution in [3.05, 3.63) is 94.1 Å². The number of alkyl halides is 3. The Hall–Kier alpha value is -3.81. The predicted octanol–water partition coefficient (Wildman–Crippen LogP) is 5.69. The lowest BCUT2D eigenvalue weighted by molar-refractivity contribution is -0.303. The highest BCUT2D eigenvalue weighted by molar-refractivity contribution is 5.82. The van der Waals surface area contributed by atoms with E-state index in [1.54, 1.807) is 19.1 Å². The number of H-pyrrole nitrogens is 1. The number of aromatic nitrogens is 3. The number of halogens is 3. The van der Waals surface area contributed by atoms with E-state index in [9.17, 15) is 18.0 Å².